The third-order valence-electron chi connectivity index (χ3n) is 4.61. The number of amides is 1. The van der Waals surface area contributed by atoms with Crippen LogP contribution in [0.5, 0.6) is 11.5 Å². The molecule has 1 aromatic heterocycles. The Morgan fingerprint density at radius 1 is 1.16 bits per heavy atom. The molecule has 0 aliphatic carbocycles. The molecule has 170 valence electrons. The van der Waals surface area contributed by atoms with E-state index in [0.29, 0.717) is 23.1 Å². The van der Waals surface area contributed by atoms with Crippen molar-refractivity contribution >= 4 is 27.5 Å². The van der Waals surface area contributed by atoms with Crippen LogP contribution in [0.1, 0.15) is 5.82 Å². The lowest BCUT2D eigenvalue weighted by molar-refractivity contribution is -0.144. The van der Waals surface area contributed by atoms with Crippen LogP contribution in [0.3, 0.4) is 0 Å². The van der Waals surface area contributed by atoms with Crippen LogP contribution in [0.25, 0.3) is 0 Å². The first kappa shape index (κ1) is 23.8. The molecule has 1 unspecified atom stereocenters. The molecule has 1 atom stereocenters. The average molecular weight is 478 g/mol. The van der Waals surface area contributed by atoms with Crippen LogP contribution < -0.4 is 10.2 Å². The molecule has 0 bridgehead atoms. The fourth-order valence-electron chi connectivity index (χ4n) is 2.86. The topological polar surface area (TPSA) is 131 Å². The third-order valence-corrected chi connectivity index (χ3v) is 7.60. The van der Waals surface area contributed by atoms with E-state index < -0.39 is 27.1 Å². The van der Waals surface area contributed by atoms with E-state index >= 15 is 0 Å². The molecule has 2 aromatic carbocycles. The molecule has 3 rings (SSSR count). The zero-order chi connectivity index (χ0) is 23.2. The monoisotopic (exact) mass is 477 g/mol. The van der Waals surface area contributed by atoms with Gasteiger partial charge < -0.3 is 14.4 Å². The first-order valence-corrected chi connectivity index (χ1v) is 12.3. The largest absolute Gasteiger partial charge is 0.457 e. The number of aromatic nitrogens is 2. The van der Waals surface area contributed by atoms with Crippen molar-refractivity contribution in [1.29, 1.82) is 0 Å². The van der Waals surface area contributed by atoms with Crippen LogP contribution in [0.15, 0.2) is 71.9 Å². The molecule has 0 aliphatic rings. The summed E-state index contributed by atoms with van der Waals surface area (Å²) in [4.78, 5) is 16.2. The van der Waals surface area contributed by atoms with E-state index in [2.05, 4.69) is 4.98 Å². The van der Waals surface area contributed by atoms with Crippen molar-refractivity contribution < 1.29 is 28.3 Å². The number of nitrogens with one attached hydrogen (secondary N) is 1. The highest BCUT2D eigenvalue weighted by Gasteiger charge is 2.41. The van der Waals surface area contributed by atoms with Gasteiger partial charge in [-0.2, -0.15) is 11.8 Å². The lowest BCUT2D eigenvalue weighted by Crippen LogP contribution is -2.52. The summed E-state index contributed by atoms with van der Waals surface area (Å²) in [6, 6.07) is 14.7. The number of imidazole rings is 1. The third kappa shape index (κ3) is 5.88. The second-order valence-corrected chi connectivity index (χ2v) is 10.0. The maximum Gasteiger partial charge on any atom is 0.277 e. The van der Waals surface area contributed by atoms with Crippen LogP contribution in [-0.2, 0) is 27.4 Å². The summed E-state index contributed by atoms with van der Waals surface area (Å²) in [7, 11) is -2.27. The van der Waals surface area contributed by atoms with E-state index in [1.807, 2.05) is 18.2 Å². The van der Waals surface area contributed by atoms with Gasteiger partial charge in [0.25, 0.3) is 5.91 Å². The second-order valence-electron chi connectivity index (χ2n) is 7.07. The number of nitrogens with zero attached hydrogens (tertiary/aromatic N) is 2. The number of para-hydroxylation sites is 1. The van der Waals surface area contributed by atoms with E-state index in [9.17, 15) is 18.3 Å². The summed E-state index contributed by atoms with van der Waals surface area (Å²) in [6.45, 7) is 0. The number of sulfone groups is 1. The predicted octanol–water partition coefficient (Wildman–Crippen LogP) is 2.16. The summed E-state index contributed by atoms with van der Waals surface area (Å²) < 4.78 is 33.2. The molecule has 0 fully saturated rings. The maximum absolute atomic E-state index is 12.9. The predicted molar refractivity (Wildman–Crippen MR) is 119 cm³/mol. The Kier molecular flexibility index (Phi) is 7.56. The molecule has 1 amide bonds. The van der Waals surface area contributed by atoms with Gasteiger partial charge in [-0.1, -0.05) is 18.2 Å². The first-order chi connectivity index (χ1) is 15.2. The van der Waals surface area contributed by atoms with Gasteiger partial charge in [0, 0.05) is 25.2 Å². The Balaban J connectivity index is 1.71. The van der Waals surface area contributed by atoms with Gasteiger partial charge in [0.05, 0.1) is 16.4 Å². The minimum absolute atomic E-state index is 0.0869. The minimum Gasteiger partial charge on any atom is -0.457 e. The smallest absolute Gasteiger partial charge is 0.277 e. The van der Waals surface area contributed by atoms with Crippen molar-refractivity contribution in [2.45, 2.75) is 16.2 Å². The lowest BCUT2D eigenvalue weighted by atomic mass is 10.1. The van der Waals surface area contributed by atoms with Crippen molar-refractivity contribution in [3.8, 4) is 11.5 Å². The Bertz CT molecular complexity index is 1150. The minimum atomic E-state index is -4.07. The van der Waals surface area contributed by atoms with Crippen LogP contribution in [0, 0.1) is 0 Å². The highest BCUT2D eigenvalue weighted by Crippen LogP contribution is 2.26. The lowest BCUT2D eigenvalue weighted by Gasteiger charge is -2.25. The molecule has 0 radical (unpaired) electrons. The fourth-order valence-corrected chi connectivity index (χ4v) is 5.70. The summed E-state index contributed by atoms with van der Waals surface area (Å²) in [5, 5.41) is 19.8. The van der Waals surface area contributed by atoms with E-state index in [1.54, 1.807) is 36.1 Å². The Morgan fingerprint density at radius 3 is 2.41 bits per heavy atom. The molecular weight excluding hydrogens is 454 g/mol. The van der Waals surface area contributed by atoms with Crippen LogP contribution in [0.4, 0.5) is 0 Å². The van der Waals surface area contributed by atoms with Gasteiger partial charge in [0.1, 0.15) is 17.3 Å². The molecule has 0 aliphatic heterocycles. The molecule has 3 N–H and O–H groups in total. The Labute approximate surface area is 189 Å². The van der Waals surface area contributed by atoms with Crippen molar-refractivity contribution in [3.63, 3.8) is 0 Å². The summed E-state index contributed by atoms with van der Waals surface area (Å²) in [6.07, 6.45) is 3.36. The Hall–Kier alpha value is -2.86. The molecule has 32 heavy (non-hydrogen) atoms. The number of benzene rings is 2. The van der Waals surface area contributed by atoms with Crippen molar-refractivity contribution in [2.75, 3.05) is 11.5 Å². The van der Waals surface area contributed by atoms with Crippen molar-refractivity contribution in [1.82, 2.24) is 15.0 Å². The molecule has 11 heteroatoms. The van der Waals surface area contributed by atoms with Crippen molar-refractivity contribution in [2.24, 2.45) is 7.05 Å². The number of hydroxylamine groups is 1. The summed E-state index contributed by atoms with van der Waals surface area (Å²) in [5.74, 6) is -0.294. The summed E-state index contributed by atoms with van der Waals surface area (Å²) >= 11 is 1.13. The van der Waals surface area contributed by atoms with Gasteiger partial charge in [0.2, 0.25) is 0 Å². The number of aryl methyl sites for hydroxylation is 1. The normalized spacial score (nSPS) is 13.3. The van der Waals surface area contributed by atoms with Gasteiger partial charge in [-0.05, 0) is 36.4 Å². The van der Waals surface area contributed by atoms with E-state index in [1.165, 1.54) is 29.7 Å². The van der Waals surface area contributed by atoms with Gasteiger partial charge >= 0.3 is 0 Å². The van der Waals surface area contributed by atoms with Gasteiger partial charge in [-0.15, -0.1) is 0 Å². The van der Waals surface area contributed by atoms with Gasteiger partial charge in [-0.3, -0.25) is 10.0 Å². The number of hydrogen-bond donors (Lipinski definition) is 3. The van der Waals surface area contributed by atoms with E-state index in [-0.39, 0.29) is 10.6 Å². The summed E-state index contributed by atoms with van der Waals surface area (Å²) in [5.41, 5.74) is -0.981. The standard InChI is InChI=1S/C21H23N3O6S2/c1-24-12-11-22-19(24)13-31-14-21(26,20(25)23-27)15-32(28,29)18-9-7-17(8-10-18)30-16-5-3-2-4-6-16/h2-12,26-27H,13-15H2,1H3,(H,23,25). The molecule has 9 nitrogen and oxygen atoms in total. The molecule has 0 saturated heterocycles. The molecule has 1 heterocycles. The number of carbonyl (C=O) groups excluding carboxylic acids is 1. The highest BCUT2D eigenvalue weighted by molar-refractivity contribution is 7.98. The Morgan fingerprint density at radius 2 is 1.81 bits per heavy atom. The zero-order valence-electron chi connectivity index (χ0n) is 17.2. The fraction of sp³-hybridized carbons (Fsp3) is 0.238. The average Bonchev–Trinajstić information content (AvgIpc) is 3.18. The molecule has 3 aromatic rings. The molecule has 0 spiro atoms. The number of carbonyl (C=O) groups is 1. The quantitative estimate of drug-likeness (QED) is 0.299. The maximum atomic E-state index is 12.9. The number of hydrogen-bond acceptors (Lipinski definition) is 8. The van der Waals surface area contributed by atoms with Crippen LogP contribution in [0.2, 0.25) is 0 Å². The molecular formula is C21H23N3O6S2. The van der Waals surface area contributed by atoms with Crippen molar-refractivity contribution in [3.05, 3.63) is 72.8 Å². The number of ether oxygens (including phenoxy) is 1. The first-order valence-electron chi connectivity index (χ1n) is 9.50. The van der Waals surface area contributed by atoms with Crippen LogP contribution >= 0.6 is 11.8 Å². The SMILES string of the molecule is Cn1ccnc1CSCC(O)(CS(=O)(=O)c1ccc(Oc2ccccc2)cc1)C(=O)NO. The van der Waals surface area contributed by atoms with Crippen LogP contribution in [-0.4, -0.2) is 51.3 Å². The van der Waals surface area contributed by atoms with Gasteiger partial charge in [-0.25, -0.2) is 18.9 Å². The van der Waals surface area contributed by atoms with Gasteiger partial charge in [0.15, 0.2) is 15.4 Å². The molecule has 0 saturated carbocycles. The number of aliphatic hydroxyl groups is 1. The van der Waals surface area contributed by atoms with E-state index in [0.717, 1.165) is 11.8 Å². The number of thioether (sulfide) groups is 1. The number of rotatable bonds is 10. The zero-order valence-corrected chi connectivity index (χ0v) is 18.8. The highest BCUT2D eigenvalue weighted by atomic mass is 32.2. The second kappa shape index (κ2) is 10.2. The van der Waals surface area contributed by atoms with E-state index in [4.69, 9.17) is 9.94 Å².